The quantitative estimate of drug-likeness (QED) is 0.903. The van der Waals surface area contributed by atoms with Gasteiger partial charge in [-0.1, -0.05) is 38.4 Å². The number of nitrogens with one attached hydrogen (secondary N) is 1. The van der Waals surface area contributed by atoms with Gasteiger partial charge in [0.15, 0.2) is 11.6 Å². The van der Waals surface area contributed by atoms with E-state index in [1.807, 2.05) is 0 Å². The van der Waals surface area contributed by atoms with Crippen LogP contribution in [0.25, 0.3) is 0 Å². The van der Waals surface area contributed by atoms with Gasteiger partial charge in [0.05, 0.1) is 5.02 Å². The van der Waals surface area contributed by atoms with E-state index >= 15 is 0 Å². The Morgan fingerprint density at radius 3 is 2.78 bits per heavy atom. The van der Waals surface area contributed by atoms with E-state index < -0.39 is 5.82 Å². The standard InChI is InChI=1S/C14H19ClFNO/c1-4-17-11-8-12(14(11,2)3)18-13-9(15)6-5-7-10(13)16/h5-7,11-12,17H,4,8H2,1-3H3. The minimum absolute atomic E-state index is 0.00375. The Balaban J connectivity index is 2.08. The molecule has 2 rings (SSSR count). The van der Waals surface area contributed by atoms with Crippen molar-refractivity contribution < 1.29 is 9.13 Å². The van der Waals surface area contributed by atoms with Crippen LogP contribution in [0.4, 0.5) is 4.39 Å². The number of hydrogen-bond donors (Lipinski definition) is 1. The Morgan fingerprint density at radius 1 is 1.50 bits per heavy atom. The molecule has 0 saturated heterocycles. The van der Waals surface area contributed by atoms with Gasteiger partial charge < -0.3 is 10.1 Å². The zero-order valence-corrected chi connectivity index (χ0v) is 11.7. The summed E-state index contributed by atoms with van der Waals surface area (Å²) in [6.07, 6.45) is 0.877. The van der Waals surface area contributed by atoms with Gasteiger partial charge >= 0.3 is 0 Å². The molecule has 1 aromatic rings. The third-order valence-corrected chi connectivity index (χ3v) is 4.10. The van der Waals surface area contributed by atoms with Crippen LogP contribution in [0, 0.1) is 11.2 Å². The van der Waals surface area contributed by atoms with E-state index in [2.05, 4.69) is 26.1 Å². The van der Waals surface area contributed by atoms with Crippen LogP contribution in [0.5, 0.6) is 5.75 Å². The number of hydrogen-bond acceptors (Lipinski definition) is 2. The van der Waals surface area contributed by atoms with Crippen LogP contribution in [-0.2, 0) is 0 Å². The average molecular weight is 272 g/mol. The molecule has 1 aliphatic rings. The van der Waals surface area contributed by atoms with E-state index in [9.17, 15) is 4.39 Å². The molecule has 0 bridgehead atoms. The number of para-hydroxylation sites is 1. The second-order valence-corrected chi connectivity index (χ2v) is 5.73. The third kappa shape index (κ3) is 2.34. The number of halogens is 2. The fraction of sp³-hybridized carbons (Fsp3) is 0.571. The fourth-order valence-corrected chi connectivity index (χ4v) is 2.62. The first-order chi connectivity index (χ1) is 8.46. The van der Waals surface area contributed by atoms with Crippen molar-refractivity contribution in [3.63, 3.8) is 0 Å². The van der Waals surface area contributed by atoms with E-state index in [4.69, 9.17) is 16.3 Å². The third-order valence-electron chi connectivity index (χ3n) is 3.81. The molecular weight excluding hydrogens is 253 g/mol. The molecule has 1 fully saturated rings. The van der Waals surface area contributed by atoms with Gasteiger partial charge in [0, 0.05) is 17.9 Å². The minimum Gasteiger partial charge on any atom is -0.485 e. The summed E-state index contributed by atoms with van der Waals surface area (Å²) in [6, 6.07) is 5.01. The van der Waals surface area contributed by atoms with E-state index in [0.29, 0.717) is 11.1 Å². The predicted molar refractivity (Wildman–Crippen MR) is 71.7 cm³/mol. The molecule has 1 aliphatic carbocycles. The molecule has 2 unspecified atom stereocenters. The van der Waals surface area contributed by atoms with Crippen LogP contribution in [0.1, 0.15) is 27.2 Å². The molecule has 1 N–H and O–H groups in total. The van der Waals surface area contributed by atoms with E-state index in [-0.39, 0.29) is 17.3 Å². The van der Waals surface area contributed by atoms with Gasteiger partial charge in [-0.25, -0.2) is 4.39 Å². The van der Waals surface area contributed by atoms with Crippen molar-refractivity contribution in [3.8, 4) is 5.75 Å². The summed E-state index contributed by atoms with van der Waals surface area (Å²) in [6.45, 7) is 7.27. The number of benzene rings is 1. The van der Waals surface area contributed by atoms with Gasteiger partial charge in [0.1, 0.15) is 6.10 Å². The van der Waals surface area contributed by atoms with Gasteiger partial charge in [-0.15, -0.1) is 0 Å². The maximum atomic E-state index is 13.6. The lowest BCUT2D eigenvalue weighted by Gasteiger charge is -2.51. The average Bonchev–Trinajstić information content (AvgIpc) is 2.31. The molecule has 2 atom stereocenters. The van der Waals surface area contributed by atoms with Crippen molar-refractivity contribution in [1.29, 1.82) is 0 Å². The molecule has 0 heterocycles. The Bertz CT molecular complexity index is 416. The summed E-state index contributed by atoms with van der Waals surface area (Å²) >= 11 is 5.96. The van der Waals surface area contributed by atoms with Crippen molar-refractivity contribution in [3.05, 3.63) is 29.0 Å². The first-order valence-corrected chi connectivity index (χ1v) is 6.68. The second-order valence-electron chi connectivity index (χ2n) is 5.32. The smallest absolute Gasteiger partial charge is 0.173 e. The number of ether oxygens (including phenoxy) is 1. The van der Waals surface area contributed by atoms with Crippen molar-refractivity contribution in [2.45, 2.75) is 39.3 Å². The lowest BCUT2D eigenvalue weighted by molar-refractivity contribution is -0.0557. The first kappa shape index (κ1) is 13.6. The van der Waals surface area contributed by atoms with Crippen LogP contribution in [0.2, 0.25) is 5.02 Å². The molecule has 0 radical (unpaired) electrons. The maximum Gasteiger partial charge on any atom is 0.173 e. The zero-order valence-electron chi connectivity index (χ0n) is 11.0. The van der Waals surface area contributed by atoms with Crippen molar-refractivity contribution in [1.82, 2.24) is 5.32 Å². The molecule has 0 spiro atoms. The van der Waals surface area contributed by atoms with Gasteiger partial charge in [0.2, 0.25) is 0 Å². The molecule has 4 heteroatoms. The summed E-state index contributed by atoms with van der Waals surface area (Å²) in [7, 11) is 0. The Morgan fingerprint density at radius 2 is 2.22 bits per heavy atom. The molecule has 1 aromatic carbocycles. The summed E-state index contributed by atoms with van der Waals surface area (Å²) in [5.74, 6) is -0.225. The molecule has 18 heavy (non-hydrogen) atoms. The zero-order chi connectivity index (χ0) is 13.3. The van der Waals surface area contributed by atoms with E-state index in [1.165, 1.54) is 6.07 Å². The van der Waals surface area contributed by atoms with Crippen LogP contribution < -0.4 is 10.1 Å². The van der Waals surface area contributed by atoms with Crippen LogP contribution in [-0.4, -0.2) is 18.7 Å². The first-order valence-electron chi connectivity index (χ1n) is 6.30. The topological polar surface area (TPSA) is 21.3 Å². The normalized spacial score (nSPS) is 25.6. The largest absolute Gasteiger partial charge is 0.485 e. The van der Waals surface area contributed by atoms with Gasteiger partial charge in [-0.2, -0.15) is 0 Å². The molecule has 0 aliphatic heterocycles. The Kier molecular flexibility index (Phi) is 3.83. The molecule has 0 amide bonds. The summed E-state index contributed by atoms with van der Waals surface area (Å²) in [5, 5.41) is 3.74. The highest BCUT2D eigenvalue weighted by Crippen LogP contribution is 2.44. The second kappa shape index (κ2) is 5.06. The van der Waals surface area contributed by atoms with Gasteiger partial charge in [-0.3, -0.25) is 0 Å². The van der Waals surface area contributed by atoms with E-state index in [1.54, 1.807) is 12.1 Å². The van der Waals surface area contributed by atoms with Crippen molar-refractivity contribution in [2.24, 2.45) is 5.41 Å². The lowest BCUT2D eigenvalue weighted by atomic mass is 9.64. The summed E-state index contributed by atoms with van der Waals surface area (Å²) in [4.78, 5) is 0. The maximum absolute atomic E-state index is 13.6. The highest BCUT2D eigenvalue weighted by molar-refractivity contribution is 6.32. The van der Waals surface area contributed by atoms with Crippen molar-refractivity contribution in [2.75, 3.05) is 6.54 Å². The SMILES string of the molecule is CCNC1CC(Oc2c(F)cccc2Cl)C1(C)C. The Hall–Kier alpha value is -0.800. The predicted octanol–water partition coefficient (Wildman–Crippen LogP) is 3.63. The lowest BCUT2D eigenvalue weighted by Crippen LogP contribution is -2.62. The molecule has 2 nitrogen and oxygen atoms in total. The fourth-order valence-electron chi connectivity index (χ4n) is 2.42. The molecule has 100 valence electrons. The molecule has 0 aromatic heterocycles. The highest BCUT2D eigenvalue weighted by Gasteiger charge is 2.49. The van der Waals surface area contributed by atoms with Crippen molar-refractivity contribution >= 4 is 11.6 Å². The van der Waals surface area contributed by atoms with Crippen LogP contribution in [0.3, 0.4) is 0 Å². The summed E-state index contributed by atoms with van der Waals surface area (Å²) < 4.78 is 19.4. The highest BCUT2D eigenvalue weighted by atomic mass is 35.5. The summed E-state index contributed by atoms with van der Waals surface area (Å²) in [5.41, 5.74) is -0.0123. The minimum atomic E-state index is -0.398. The van der Waals surface area contributed by atoms with Gasteiger partial charge in [-0.05, 0) is 18.7 Å². The van der Waals surface area contributed by atoms with Gasteiger partial charge in [0.25, 0.3) is 0 Å². The van der Waals surface area contributed by atoms with E-state index in [0.717, 1.165) is 13.0 Å². The Labute approximate surface area is 112 Å². The number of rotatable bonds is 4. The van der Waals surface area contributed by atoms with Crippen LogP contribution in [0.15, 0.2) is 18.2 Å². The molecular formula is C14H19ClFNO. The monoisotopic (exact) mass is 271 g/mol. The molecule has 1 saturated carbocycles. The van der Waals surface area contributed by atoms with Crippen LogP contribution >= 0.6 is 11.6 Å².